The fourth-order valence-electron chi connectivity index (χ4n) is 3.16. The third-order valence-corrected chi connectivity index (χ3v) is 5.30. The van der Waals surface area contributed by atoms with Crippen LogP contribution in [0.1, 0.15) is 12.8 Å². The number of hydrogen-bond donors (Lipinski definition) is 1. The monoisotopic (exact) mass is 450 g/mol. The molecule has 2 amide bonds. The van der Waals surface area contributed by atoms with Crippen LogP contribution < -0.4 is 14.8 Å². The van der Waals surface area contributed by atoms with E-state index < -0.39 is 0 Å². The van der Waals surface area contributed by atoms with Gasteiger partial charge in [0, 0.05) is 29.7 Å². The molecule has 8 heteroatoms. The topological polar surface area (TPSA) is 67.9 Å². The number of carbonyl (C=O) groups excluding carboxylic acids is 2. The number of benzene rings is 2. The van der Waals surface area contributed by atoms with E-state index in [0.29, 0.717) is 42.0 Å². The molecule has 0 aliphatic carbocycles. The maximum absolute atomic E-state index is 12.5. The van der Waals surface area contributed by atoms with Crippen molar-refractivity contribution < 1.29 is 19.1 Å². The van der Waals surface area contributed by atoms with E-state index in [0.717, 1.165) is 18.6 Å². The average Bonchev–Trinajstić information content (AvgIpc) is 3.10. The van der Waals surface area contributed by atoms with E-state index in [9.17, 15) is 9.59 Å². The van der Waals surface area contributed by atoms with Crippen LogP contribution in [0, 0.1) is 5.92 Å². The molecule has 30 heavy (non-hydrogen) atoms. The summed E-state index contributed by atoms with van der Waals surface area (Å²) in [6.07, 6.45) is 1.47. The molecule has 3 rings (SSSR count). The first kappa shape index (κ1) is 22.2. The predicted octanol–water partition coefficient (Wildman–Crippen LogP) is 3.81. The second-order valence-corrected chi connectivity index (χ2v) is 7.89. The zero-order chi connectivity index (χ0) is 21.3. The summed E-state index contributed by atoms with van der Waals surface area (Å²) in [7, 11) is 0. The Labute approximate surface area is 186 Å². The molecule has 1 unspecified atom stereocenters. The van der Waals surface area contributed by atoms with Crippen LogP contribution in [-0.2, 0) is 9.59 Å². The Bertz CT molecular complexity index is 843. The second-order valence-electron chi connectivity index (χ2n) is 7.01. The summed E-state index contributed by atoms with van der Waals surface area (Å²) in [5, 5.41) is 4.05. The number of carbonyl (C=O) groups is 2. The molecule has 1 saturated heterocycles. The molecule has 1 aliphatic rings. The van der Waals surface area contributed by atoms with Gasteiger partial charge >= 0.3 is 0 Å². The van der Waals surface area contributed by atoms with Crippen LogP contribution >= 0.6 is 23.2 Å². The molecule has 6 nitrogen and oxygen atoms in total. The highest BCUT2D eigenvalue weighted by molar-refractivity contribution is 6.30. The summed E-state index contributed by atoms with van der Waals surface area (Å²) in [5.41, 5.74) is 0. The Morgan fingerprint density at radius 3 is 2.23 bits per heavy atom. The van der Waals surface area contributed by atoms with Gasteiger partial charge in [-0.2, -0.15) is 0 Å². The van der Waals surface area contributed by atoms with Gasteiger partial charge in [-0.05, 0) is 61.4 Å². The highest BCUT2D eigenvalue weighted by atomic mass is 35.5. The van der Waals surface area contributed by atoms with Gasteiger partial charge in [0.25, 0.3) is 5.91 Å². The van der Waals surface area contributed by atoms with E-state index >= 15 is 0 Å². The number of hydrogen-bond acceptors (Lipinski definition) is 4. The van der Waals surface area contributed by atoms with Crippen molar-refractivity contribution >= 4 is 35.0 Å². The first-order valence-corrected chi connectivity index (χ1v) is 10.6. The SMILES string of the molecule is O=C(COc1ccc(Cl)cc1)NCC1CCN(CCCOc2ccc(Cl)cc2)C1=O. The van der Waals surface area contributed by atoms with Crippen LogP contribution in [0.3, 0.4) is 0 Å². The standard InChI is InChI=1S/C22H24Cl2N2O4/c23-17-2-6-19(7-3-17)29-13-1-11-26-12-10-16(22(26)28)14-25-21(27)15-30-20-8-4-18(24)5-9-20/h2-9,16H,1,10-15H2,(H,25,27). The molecule has 0 bridgehead atoms. The largest absolute Gasteiger partial charge is 0.494 e. The van der Waals surface area contributed by atoms with Crippen molar-refractivity contribution in [1.29, 1.82) is 0 Å². The predicted molar refractivity (Wildman–Crippen MR) is 116 cm³/mol. The van der Waals surface area contributed by atoms with Crippen LogP contribution in [0.25, 0.3) is 0 Å². The Balaban J connectivity index is 1.31. The van der Waals surface area contributed by atoms with E-state index in [4.69, 9.17) is 32.7 Å². The smallest absolute Gasteiger partial charge is 0.257 e. The van der Waals surface area contributed by atoms with E-state index in [2.05, 4.69) is 5.32 Å². The molecule has 0 spiro atoms. The summed E-state index contributed by atoms with van der Waals surface area (Å²) >= 11 is 11.7. The van der Waals surface area contributed by atoms with Crippen LogP contribution in [0.5, 0.6) is 11.5 Å². The molecule has 160 valence electrons. The minimum Gasteiger partial charge on any atom is -0.494 e. The van der Waals surface area contributed by atoms with Crippen molar-refractivity contribution in [3.8, 4) is 11.5 Å². The summed E-state index contributed by atoms with van der Waals surface area (Å²) < 4.78 is 11.1. The van der Waals surface area contributed by atoms with Gasteiger partial charge in [-0.3, -0.25) is 9.59 Å². The summed E-state index contributed by atoms with van der Waals surface area (Å²) in [6.45, 7) is 2.07. The number of amides is 2. The summed E-state index contributed by atoms with van der Waals surface area (Å²) in [6, 6.07) is 14.0. The molecule has 1 atom stereocenters. The number of ether oxygens (including phenoxy) is 2. The van der Waals surface area contributed by atoms with Crippen molar-refractivity contribution in [2.24, 2.45) is 5.92 Å². The van der Waals surface area contributed by atoms with Crippen LogP contribution in [0.2, 0.25) is 10.0 Å². The molecular weight excluding hydrogens is 427 g/mol. The molecule has 2 aromatic carbocycles. The van der Waals surface area contributed by atoms with E-state index in [1.165, 1.54) is 0 Å². The molecule has 2 aromatic rings. The fourth-order valence-corrected chi connectivity index (χ4v) is 3.41. The van der Waals surface area contributed by atoms with Gasteiger partial charge in [-0.25, -0.2) is 0 Å². The third kappa shape index (κ3) is 6.82. The Morgan fingerprint density at radius 2 is 1.60 bits per heavy atom. The fraction of sp³-hybridized carbons (Fsp3) is 0.364. The summed E-state index contributed by atoms with van der Waals surface area (Å²) in [5.74, 6) is 0.946. The summed E-state index contributed by atoms with van der Waals surface area (Å²) in [4.78, 5) is 26.3. The lowest BCUT2D eigenvalue weighted by Gasteiger charge is -2.17. The van der Waals surface area contributed by atoms with Gasteiger partial charge in [0.1, 0.15) is 11.5 Å². The number of rotatable bonds is 10. The Hall–Kier alpha value is -2.44. The van der Waals surface area contributed by atoms with Crippen molar-refractivity contribution in [3.63, 3.8) is 0 Å². The zero-order valence-corrected chi connectivity index (χ0v) is 18.0. The molecule has 0 saturated carbocycles. The van der Waals surface area contributed by atoms with Crippen LogP contribution in [0.15, 0.2) is 48.5 Å². The normalized spacial score (nSPS) is 15.9. The van der Waals surface area contributed by atoms with Gasteiger partial charge in [0.05, 0.1) is 12.5 Å². The van der Waals surface area contributed by atoms with Crippen molar-refractivity contribution in [1.82, 2.24) is 10.2 Å². The van der Waals surface area contributed by atoms with Gasteiger partial charge < -0.3 is 19.7 Å². The second kappa shape index (κ2) is 11.1. The van der Waals surface area contributed by atoms with E-state index in [1.54, 1.807) is 36.4 Å². The highest BCUT2D eigenvalue weighted by Gasteiger charge is 2.31. The van der Waals surface area contributed by atoms with Crippen molar-refractivity contribution in [2.75, 3.05) is 32.8 Å². The Kier molecular flexibility index (Phi) is 8.22. The van der Waals surface area contributed by atoms with Gasteiger partial charge in [0.2, 0.25) is 5.91 Å². The zero-order valence-electron chi connectivity index (χ0n) is 16.5. The molecule has 1 N–H and O–H groups in total. The highest BCUT2D eigenvalue weighted by Crippen LogP contribution is 2.19. The molecular formula is C22H24Cl2N2O4. The number of nitrogens with zero attached hydrogens (tertiary/aromatic N) is 1. The first-order chi connectivity index (χ1) is 14.5. The average molecular weight is 451 g/mol. The maximum atomic E-state index is 12.5. The minimum absolute atomic E-state index is 0.0698. The van der Waals surface area contributed by atoms with Gasteiger partial charge in [-0.1, -0.05) is 23.2 Å². The van der Waals surface area contributed by atoms with Crippen molar-refractivity contribution in [3.05, 3.63) is 58.6 Å². The first-order valence-electron chi connectivity index (χ1n) is 9.83. The lowest BCUT2D eigenvalue weighted by Crippen LogP contribution is -2.37. The lowest BCUT2D eigenvalue weighted by atomic mass is 10.1. The quantitative estimate of drug-likeness (QED) is 0.558. The molecule has 0 aromatic heterocycles. The molecule has 1 heterocycles. The third-order valence-electron chi connectivity index (χ3n) is 4.79. The van der Waals surface area contributed by atoms with Crippen LogP contribution in [0.4, 0.5) is 0 Å². The van der Waals surface area contributed by atoms with E-state index in [-0.39, 0.29) is 24.3 Å². The van der Waals surface area contributed by atoms with E-state index in [1.807, 2.05) is 17.0 Å². The van der Waals surface area contributed by atoms with Gasteiger partial charge in [0.15, 0.2) is 6.61 Å². The minimum atomic E-state index is -0.257. The lowest BCUT2D eigenvalue weighted by molar-refractivity contribution is -0.131. The number of nitrogens with one attached hydrogen (secondary N) is 1. The molecule has 0 radical (unpaired) electrons. The Morgan fingerprint density at radius 1 is 1.00 bits per heavy atom. The van der Waals surface area contributed by atoms with Gasteiger partial charge in [-0.15, -0.1) is 0 Å². The maximum Gasteiger partial charge on any atom is 0.257 e. The number of likely N-dealkylation sites (tertiary alicyclic amines) is 1. The molecule has 1 aliphatic heterocycles. The van der Waals surface area contributed by atoms with Crippen molar-refractivity contribution in [2.45, 2.75) is 12.8 Å². The number of halogens is 2. The molecule has 1 fully saturated rings. The van der Waals surface area contributed by atoms with Crippen LogP contribution in [-0.4, -0.2) is 49.6 Å².